The molecule has 0 aromatic carbocycles. The topological polar surface area (TPSA) is 77.1 Å². The smallest absolute Gasteiger partial charge is 0.408 e. The van der Waals surface area contributed by atoms with Crippen molar-refractivity contribution in [1.82, 2.24) is 10.4 Å². The Bertz CT molecular complexity index is 292. The molecule has 0 aliphatic heterocycles. The molecule has 7 nitrogen and oxygen atoms in total. The first-order valence-electron chi connectivity index (χ1n) is 5.34. The van der Waals surface area contributed by atoms with E-state index in [1.807, 2.05) is 9.47 Å². The highest BCUT2D eigenvalue weighted by atomic mass is 31.0. The first kappa shape index (κ1) is 17.1. The molecule has 8 heteroatoms. The molecule has 0 saturated carbocycles. The van der Waals surface area contributed by atoms with Crippen molar-refractivity contribution in [3.8, 4) is 0 Å². The maximum Gasteiger partial charge on any atom is 0.408 e. The van der Waals surface area contributed by atoms with Crippen LogP contribution in [0.4, 0.5) is 4.79 Å². The molecule has 0 aliphatic carbocycles. The Labute approximate surface area is 109 Å². The minimum absolute atomic E-state index is 0.00353. The summed E-state index contributed by atoms with van der Waals surface area (Å²) in [6, 6.07) is -0.873. The number of carbonyl (C=O) groups excluding carboxylic acids is 2. The van der Waals surface area contributed by atoms with E-state index >= 15 is 0 Å². The molecular formula is C10H21N2O5P. The fraction of sp³-hybridized carbons (Fsp3) is 0.800. The van der Waals surface area contributed by atoms with E-state index in [0.29, 0.717) is 0 Å². The number of rotatable bonds is 5. The summed E-state index contributed by atoms with van der Waals surface area (Å²) in [4.78, 5) is 28.1. The lowest BCUT2D eigenvalue weighted by molar-refractivity contribution is -0.171. The lowest BCUT2D eigenvalue weighted by atomic mass is 10.2. The van der Waals surface area contributed by atoms with Gasteiger partial charge < -0.3 is 14.6 Å². The highest BCUT2D eigenvalue weighted by Gasteiger charge is 2.26. The summed E-state index contributed by atoms with van der Waals surface area (Å²) in [5.41, 5.74) is -0.632. The van der Waals surface area contributed by atoms with Gasteiger partial charge in [0.05, 0.1) is 13.7 Å². The van der Waals surface area contributed by atoms with Crippen molar-refractivity contribution in [2.45, 2.75) is 32.4 Å². The SMILES string of the molecule is CON(C)C(=O)[C@H](COP)NC(=O)OC(C)(C)C. The third-order valence-corrected chi connectivity index (χ3v) is 2.03. The van der Waals surface area contributed by atoms with Crippen LogP contribution in [0.2, 0.25) is 0 Å². The van der Waals surface area contributed by atoms with Crippen LogP contribution in [0.1, 0.15) is 20.8 Å². The van der Waals surface area contributed by atoms with Crippen LogP contribution >= 0.6 is 9.47 Å². The minimum Gasteiger partial charge on any atom is -0.444 e. The Morgan fingerprint density at radius 1 is 1.39 bits per heavy atom. The highest BCUT2D eigenvalue weighted by Crippen LogP contribution is 2.07. The molecular weight excluding hydrogens is 259 g/mol. The molecule has 1 N–H and O–H groups in total. The molecule has 0 rings (SSSR count). The number of hydrogen-bond donors (Lipinski definition) is 1. The predicted molar refractivity (Wildman–Crippen MR) is 68.6 cm³/mol. The van der Waals surface area contributed by atoms with Gasteiger partial charge in [0.1, 0.15) is 11.6 Å². The van der Waals surface area contributed by atoms with Crippen LogP contribution < -0.4 is 5.32 Å². The molecule has 0 spiro atoms. The van der Waals surface area contributed by atoms with E-state index < -0.39 is 23.6 Å². The number of hydroxylamine groups is 2. The number of ether oxygens (including phenoxy) is 1. The number of nitrogens with zero attached hydrogens (tertiary/aromatic N) is 1. The molecule has 2 amide bonds. The summed E-state index contributed by atoms with van der Waals surface area (Å²) in [5, 5.41) is 3.42. The molecule has 106 valence electrons. The number of nitrogens with one attached hydrogen (secondary N) is 1. The van der Waals surface area contributed by atoms with Crippen molar-refractivity contribution >= 4 is 21.5 Å². The van der Waals surface area contributed by atoms with E-state index in [0.717, 1.165) is 5.06 Å². The summed E-state index contributed by atoms with van der Waals surface area (Å²) in [6.45, 7) is 5.20. The van der Waals surface area contributed by atoms with Gasteiger partial charge in [-0.15, -0.1) is 0 Å². The quantitative estimate of drug-likeness (QED) is 0.592. The summed E-state index contributed by atoms with van der Waals surface area (Å²) in [5.74, 6) is -0.439. The van der Waals surface area contributed by atoms with Crippen molar-refractivity contribution in [3.63, 3.8) is 0 Å². The molecule has 0 fully saturated rings. The average molecular weight is 280 g/mol. The van der Waals surface area contributed by atoms with E-state index in [1.165, 1.54) is 14.2 Å². The molecule has 0 heterocycles. The zero-order valence-electron chi connectivity index (χ0n) is 11.4. The van der Waals surface area contributed by atoms with Crippen molar-refractivity contribution in [1.29, 1.82) is 0 Å². The van der Waals surface area contributed by atoms with E-state index in [9.17, 15) is 9.59 Å². The van der Waals surface area contributed by atoms with E-state index in [-0.39, 0.29) is 6.61 Å². The van der Waals surface area contributed by atoms with Crippen LogP contribution in [0.5, 0.6) is 0 Å². The molecule has 0 bridgehead atoms. The monoisotopic (exact) mass is 280 g/mol. The van der Waals surface area contributed by atoms with Gasteiger partial charge in [-0.25, -0.2) is 9.86 Å². The summed E-state index contributed by atoms with van der Waals surface area (Å²) < 4.78 is 9.85. The minimum atomic E-state index is -0.873. The van der Waals surface area contributed by atoms with Crippen LogP contribution in [0.3, 0.4) is 0 Å². The third-order valence-electron chi connectivity index (χ3n) is 1.84. The summed E-state index contributed by atoms with van der Waals surface area (Å²) >= 11 is 0. The van der Waals surface area contributed by atoms with Gasteiger partial charge in [-0.1, -0.05) is 0 Å². The van der Waals surface area contributed by atoms with Gasteiger partial charge in [0, 0.05) is 16.5 Å². The Kier molecular flexibility index (Phi) is 7.13. The van der Waals surface area contributed by atoms with Crippen LogP contribution in [0.25, 0.3) is 0 Å². The number of carbonyl (C=O) groups is 2. The number of likely N-dealkylation sites (N-methyl/N-ethyl adjacent to an activating group) is 1. The van der Waals surface area contributed by atoms with Crippen molar-refractivity contribution in [2.75, 3.05) is 20.8 Å². The van der Waals surface area contributed by atoms with Gasteiger partial charge in [0.2, 0.25) is 0 Å². The Hall–Kier alpha value is -0.910. The Balaban J connectivity index is 4.53. The molecule has 0 radical (unpaired) electrons. The summed E-state index contributed by atoms with van der Waals surface area (Å²) in [7, 11) is 4.80. The van der Waals surface area contributed by atoms with Crippen LogP contribution in [0, 0.1) is 0 Å². The van der Waals surface area contributed by atoms with Crippen LogP contribution in [-0.2, 0) is 18.9 Å². The molecule has 0 aromatic rings. The number of amides is 2. The van der Waals surface area contributed by atoms with E-state index in [4.69, 9.17) is 14.1 Å². The molecule has 1 unspecified atom stereocenters. The van der Waals surface area contributed by atoms with Crippen LogP contribution in [-0.4, -0.2) is 49.5 Å². The second-order valence-electron chi connectivity index (χ2n) is 4.55. The van der Waals surface area contributed by atoms with E-state index in [2.05, 4.69) is 5.32 Å². The van der Waals surface area contributed by atoms with Gasteiger partial charge >= 0.3 is 6.09 Å². The van der Waals surface area contributed by atoms with Gasteiger partial charge in [-0.3, -0.25) is 9.63 Å². The number of hydrogen-bond acceptors (Lipinski definition) is 5. The predicted octanol–water partition coefficient (Wildman–Crippen LogP) is 0.706. The van der Waals surface area contributed by atoms with Crippen molar-refractivity contribution < 1.29 is 23.7 Å². The first-order valence-corrected chi connectivity index (χ1v) is 5.81. The van der Waals surface area contributed by atoms with Crippen LogP contribution in [0.15, 0.2) is 0 Å². The maximum atomic E-state index is 11.8. The van der Waals surface area contributed by atoms with Gasteiger partial charge in [-0.05, 0) is 20.8 Å². The zero-order chi connectivity index (χ0) is 14.3. The second kappa shape index (κ2) is 7.51. The summed E-state index contributed by atoms with van der Waals surface area (Å²) in [6.07, 6.45) is -0.688. The zero-order valence-corrected chi connectivity index (χ0v) is 12.5. The highest BCUT2D eigenvalue weighted by molar-refractivity contribution is 7.09. The standard InChI is InChI=1S/C10H21N2O5P/c1-10(2,3)17-9(14)11-7(6-16-18)8(13)12(4)15-5/h7H,6,18H2,1-5H3,(H,11,14)/t7-/m0/s1. The normalized spacial score (nSPS) is 12.8. The Morgan fingerprint density at radius 2 is 1.94 bits per heavy atom. The van der Waals surface area contributed by atoms with Gasteiger partial charge in [-0.2, -0.15) is 0 Å². The number of alkyl carbamates (subject to hydrolysis) is 1. The Morgan fingerprint density at radius 3 is 2.33 bits per heavy atom. The fourth-order valence-electron chi connectivity index (χ4n) is 1.03. The van der Waals surface area contributed by atoms with E-state index in [1.54, 1.807) is 20.8 Å². The third kappa shape index (κ3) is 6.74. The second-order valence-corrected chi connectivity index (χ2v) is 4.88. The first-order chi connectivity index (χ1) is 8.21. The largest absolute Gasteiger partial charge is 0.444 e. The molecule has 0 aliphatic rings. The molecule has 0 saturated heterocycles. The lowest BCUT2D eigenvalue weighted by Gasteiger charge is -2.24. The molecule has 18 heavy (non-hydrogen) atoms. The van der Waals surface area contributed by atoms with Crippen molar-refractivity contribution in [2.24, 2.45) is 0 Å². The molecule has 2 atom stereocenters. The fourth-order valence-corrected chi connectivity index (χ4v) is 1.22. The van der Waals surface area contributed by atoms with Gasteiger partial charge in [0.15, 0.2) is 0 Å². The molecule has 0 aromatic heterocycles. The maximum absolute atomic E-state index is 11.8. The van der Waals surface area contributed by atoms with Crippen molar-refractivity contribution in [3.05, 3.63) is 0 Å². The van der Waals surface area contributed by atoms with Gasteiger partial charge in [0.25, 0.3) is 5.91 Å². The lowest BCUT2D eigenvalue weighted by Crippen LogP contribution is -2.50. The average Bonchev–Trinajstić information content (AvgIpc) is 2.23.